The van der Waals surface area contributed by atoms with Crippen molar-refractivity contribution in [3.05, 3.63) is 10.0 Å². The Morgan fingerprint density at radius 2 is 2.43 bits per heavy atom. The van der Waals surface area contributed by atoms with Gasteiger partial charge in [0.1, 0.15) is 10.0 Å². The number of halogens is 1. The molecule has 4 nitrogen and oxygen atoms in total. The molecule has 2 N–H and O–H groups in total. The van der Waals surface area contributed by atoms with Gasteiger partial charge in [0, 0.05) is 37.2 Å². The summed E-state index contributed by atoms with van der Waals surface area (Å²) in [6.07, 6.45) is 0. The quantitative estimate of drug-likeness (QED) is 0.826. The molecule has 14 heavy (non-hydrogen) atoms. The van der Waals surface area contributed by atoms with Crippen molar-refractivity contribution in [2.45, 2.75) is 19.5 Å². The molecule has 2 atom stereocenters. The van der Waals surface area contributed by atoms with E-state index in [0.29, 0.717) is 10.3 Å². The Balaban J connectivity index is 1.97. The fraction of sp³-hybridized carbons (Fsp3) is 0.750. The van der Waals surface area contributed by atoms with Gasteiger partial charge in [0.05, 0.1) is 0 Å². The maximum Gasteiger partial charge on any atom is 0.138 e. The van der Waals surface area contributed by atoms with Gasteiger partial charge in [-0.2, -0.15) is 0 Å². The minimum atomic E-state index is 0.278. The van der Waals surface area contributed by atoms with E-state index in [-0.39, 0.29) is 6.04 Å². The van der Waals surface area contributed by atoms with Gasteiger partial charge in [-0.15, -0.1) is 5.10 Å². The van der Waals surface area contributed by atoms with Crippen molar-refractivity contribution in [3.8, 4) is 0 Å². The molecule has 1 aromatic rings. The van der Waals surface area contributed by atoms with Crippen LogP contribution in [0.5, 0.6) is 0 Å². The van der Waals surface area contributed by atoms with Gasteiger partial charge in [-0.3, -0.25) is 4.90 Å². The van der Waals surface area contributed by atoms with Crippen molar-refractivity contribution in [3.63, 3.8) is 0 Å². The van der Waals surface area contributed by atoms with Crippen LogP contribution in [0.25, 0.3) is 0 Å². The molecule has 0 saturated carbocycles. The Morgan fingerprint density at radius 3 is 2.93 bits per heavy atom. The molecule has 1 aliphatic heterocycles. The molecule has 0 spiro atoms. The average molecular weight is 233 g/mol. The number of rotatable bonds is 2. The highest BCUT2D eigenvalue weighted by molar-refractivity contribution is 7.10. The lowest BCUT2D eigenvalue weighted by Gasteiger charge is -2.12. The molecule has 1 aliphatic rings. The van der Waals surface area contributed by atoms with Crippen LogP contribution in [0.3, 0.4) is 0 Å². The van der Waals surface area contributed by atoms with E-state index in [0.717, 1.165) is 25.3 Å². The monoisotopic (exact) mass is 232 g/mol. The second kappa shape index (κ2) is 4.10. The third-order valence-electron chi connectivity index (χ3n) is 2.63. The zero-order chi connectivity index (χ0) is 10.1. The number of aromatic nitrogens is 2. The molecule has 1 aromatic heterocycles. The van der Waals surface area contributed by atoms with E-state index < -0.39 is 0 Å². The summed E-state index contributed by atoms with van der Waals surface area (Å²) < 4.78 is 4.50. The Bertz CT molecular complexity index is 306. The molecule has 2 rings (SSSR count). The molecular weight excluding hydrogens is 220 g/mol. The third-order valence-corrected chi connectivity index (χ3v) is 3.61. The predicted molar refractivity (Wildman–Crippen MR) is 57.3 cm³/mol. The third kappa shape index (κ3) is 2.06. The van der Waals surface area contributed by atoms with Crippen molar-refractivity contribution in [2.75, 3.05) is 13.1 Å². The van der Waals surface area contributed by atoms with Crippen LogP contribution >= 0.6 is 23.1 Å². The molecule has 1 fully saturated rings. The van der Waals surface area contributed by atoms with E-state index >= 15 is 0 Å². The van der Waals surface area contributed by atoms with Crippen LogP contribution in [0, 0.1) is 5.92 Å². The SMILES string of the molecule is CC1CN(Cc2nnsc2Cl)CC1N. The minimum absolute atomic E-state index is 0.278. The maximum atomic E-state index is 5.93. The second-order valence-corrected chi connectivity index (χ2v) is 5.18. The van der Waals surface area contributed by atoms with Gasteiger partial charge in [-0.05, 0) is 5.92 Å². The number of nitrogens with zero attached hydrogens (tertiary/aromatic N) is 3. The molecule has 6 heteroatoms. The van der Waals surface area contributed by atoms with E-state index in [1.807, 2.05) is 0 Å². The van der Waals surface area contributed by atoms with Gasteiger partial charge < -0.3 is 5.73 Å². The molecule has 1 saturated heterocycles. The Hall–Kier alpha value is -0.230. The lowest BCUT2D eigenvalue weighted by Crippen LogP contribution is -2.28. The van der Waals surface area contributed by atoms with Crippen molar-refractivity contribution in [1.29, 1.82) is 0 Å². The molecular formula is C8H13ClN4S. The highest BCUT2D eigenvalue weighted by Crippen LogP contribution is 2.22. The van der Waals surface area contributed by atoms with Crippen molar-refractivity contribution >= 4 is 23.1 Å². The van der Waals surface area contributed by atoms with E-state index in [1.165, 1.54) is 11.5 Å². The fourth-order valence-electron chi connectivity index (χ4n) is 1.73. The smallest absolute Gasteiger partial charge is 0.138 e. The van der Waals surface area contributed by atoms with E-state index in [2.05, 4.69) is 21.4 Å². The van der Waals surface area contributed by atoms with Crippen molar-refractivity contribution in [1.82, 2.24) is 14.5 Å². The summed E-state index contributed by atoms with van der Waals surface area (Å²) in [7, 11) is 0. The van der Waals surface area contributed by atoms with Crippen molar-refractivity contribution < 1.29 is 0 Å². The van der Waals surface area contributed by atoms with E-state index in [4.69, 9.17) is 17.3 Å². The number of nitrogens with two attached hydrogens (primary N) is 1. The van der Waals surface area contributed by atoms with Crippen LogP contribution in [0.1, 0.15) is 12.6 Å². The number of likely N-dealkylation sites (tertiary alicyclic amines) is 1. The summed E-state index contributed by atoms with van der Waals surface area (Å²) >= 11 is 7.16. The zero-order valence-corrected chi connectivity index (χ0v) is 9.55. The number of hydrogen-bond donors (Lipinski definition) is 1. The first-order valence-corrected chi connectivity index (χ1v) is 5.76. The first kappa shape index (κ1) is 10.3. The zero-order valence-electron chi connectivity index (χ0n) is 7.98. The lowest BCUT2D eigenvalue weighted by atomic mass is 10.1. The van der Waals surface area contributed by atoms with Crippen LogP contribution in [0.15, 0.2) is 0 Å². The first-order valence-electron chi connectivity index (χ1n) is 4.61. The van der Waals surface area contributed by atoms with Crippen LogP contribution in [-0.4, -0.2) is 33.6 Å². The summed E-state index contributed by atoms with van der Waals surface area (Å²) in [6.45, 7) is 4.89. The van der Waals surface area contributed by atoms with Gasteiger partial charge in [0.25, 0.3) is 0 Å². The van der Waals surface area contributed by atoms with Gasteiger partial charge in [0.2, 0.25) is 0 Å². The number of hydrogen-bond acceptors (Lipinski definition) is 5. The standard InChI is InChI=1S/C8H13ClN4S/c1-5-2-13(3-6(5)10)4-7-8(9)14-12-11-7/h5-6H,2-4,10H2,1H3. The van der Waals surface area contributed by atoms with Crippen LogP contribution in [0.2, 0.25) is 4.34 Å². The van der Waals surface area contributed by atoms with Crippen LogP contribution in [-0.2, 0) is 6.54 Å². The predicted octanol–water partition coefficient (Wildman–Crippen LogP) is 0.970. The fourth-order valence-corrected chi connectivity index (χ4v) is 2.34. The molecule has 0 amide bonds. The molecule has 0 bridgehead atoms. The molecule has 0 radical (unpaired) electrons. The highest BCUT2D eigenvalue weighted by atomic mass is 35.5. The minimum Gasteiger partial charge on any atom is -0.326 e. The molecule has 2 unspecified atom stereocenters. The summed E-state index contributed by atoms with van der Waals surface area (Å²) in [4.78, 5) is 2.28. The molecule has 78 valence electrons. The summed E-state index contributed by atoms with van der Waals surface area (Å²) in [6, 6.07) is 0.278. The Kier molecular flexibility index (Phi) is 3.02. The van der Waals surface area contributed by atoms with Gasteiger partial charge in [-0.1, -0.05) is 23.0 Å². The first-order chi connectivity index (χ1) is 6.66. The van der Waals surface area contributed by atoms with Gasteiger partial charge >= 0.3 is 0 Å². The molecule has 2 heterocycles. The summed E-state index contributed by atoms with van der Waals surface area (Å²) in [5.41, 5.74) is 6.80. The summed E-state index contributed by atoms with van der Waals surface area (Å²) in [5.74, 6) is 0.556. The van der Waals surface area contributed by atoms with Crippen LogP contribution in [0.4, 0.5) is 0 Å². The molecule has 0 aliphatic carbocycles. The van der Waals surface area contributed by atoms with Crippen LogP contribution < -0.4 is 5.73 Å². The largest absolute Gasteiger partial charge is 0.326 e. The average Bonchev–Trinajstić information content (AvgIpc) is 2.63. The topological polar surface area (TPSA) is 55.0 Å². The normalized spacial score (nSPS) is 28.5. The molecule has 0 aromatic carbocycles. The second-order valence-electron chi connectivity index (χ2n) is 3.83. The van der Waals surface area contributed by atoms with Gasteiger partial charge in [0.15, 0.2) is 0 Å². The van der Waals surface area contributed by atoms with E-state index in [9.17, 15) is 0 Å². The van der Waals surface area contributed by atoms with Gasteiger partial charge in [-0.25, -0.2) is 0 Å². The van der Waals surface area contributed by atoms with E-state index in [1.54, 1.807) is 0 Å². The highest BCUT2D eigenvalue weighted by Gasteiger charge is 2.27. The maximum absolute atomic E-state index is 5.93. The Labute approximate surface area is 92.2 Å². The Morgan fingerprint density at radius 1 is 1.64 bits per heavy atom. The van der Waals surface area contributed by atoms with Crippen molar-refractivity contribution in [2.24, 2.45) is 11.7 Å². The lowest BCUT2D eigenvalue weighted by molar-refractivity contribution is 0.315. The summed E-state index contributed by atoms with van der Waals surface area (Å²) in [5, 5.41) is 3.98.